The molecule has 10 aromatic carbocycles. The molecule has 298 valence electrons. The lowest BCUT2D eigenvalue weighted by atomic mass is 9.92. The average Bonchev–Trinajstić information content (AvgIpc) is 3.95. The third-order valence-electron chi connectivity index (χ3n) is 12.6. The van der Waals surface area contributed by atoms with E-state index in [1.807, 2.05) is 36.4 Å². The number of fused-ring (bicyclic) bond motifs is 8. The van der Waals surface area contributed by atoms with Crippen LogP contribution in [0.4, 0.5) is 0 Å². The molecule has 5 heteroatoms. The van der Waals surface area contributed by atoms with Crippen LogP contribution < -0.4 is 0 Å². The lowest BCUT2D eigenvalue weighted by Gasteiger charge is -2.13. The van der Waals surface area contributed by atoms with Gasteiger partial charge < -0.3 is 8.83 Å². The topological polar surface area (TPSA) is 65.0 Å². The van der Waals surface area contributed by atoms with Crippen molar-refractivity contribution in [2.75, 3.05) is 0 Å². The van der Waals surface area contributed by atoms with E-state index in [2.05, 4.69) is 176 Å². The zero-order valence-electron chi connectivity index (χ0n) is 34.4. The van der Waals surface area contributed by atoms with Crippen molar-refractivity contribution in [3.8, 4) is 67.5 Å². The van der Waals surface area contributed by atoms with Crippen molar-refractivity contribution in [2.45, 2.75) is 0 Å². The van der Waals surface area contributed by atoms with Crippen molar-refractivity contribution in [3.63, 3.8) is 0 Å². The van der Waals surface area contributed by atoms with E-state index in [9.17, 15) is 0 Å². The van der Waals surface area contributed by atoms with Crippen LogP contribution in [0.15, 0.2) is 221 Å². The molecular formula is C59H35N3O2. The van der Waals surface area contributed by atoms with Crippen molar-refractivity contribution in [2.24, 2.45) is 0 Å². The summed E-state index contributed by atoms with van der Waals surface area (Å²) in [6.45, 7) is 0. The number of aromatic nitrogens is 3. The second kappa shape index (κ2) is 14.5. The Hall–Kier alpha value is -8.67. The molecule has 0 saturated heterocycles. The Kier molecular flexibility index (Phi) is 8.15. The first-order valence-electron chi connectivity index (χ1n) is 21.5. The van der Waals surface area contributed by atoms with Gasteiger partial charge in [0.15, 0.2) is 17.5 Å². The van der Waals surface area contributed by atoms with Gasteiger partial charge in [0.25, 0.3) is 0 Å². The van der Waals surface area contributed by atoms with Crippen molar-refractivity contribution in [3.05, 3.63) is 212 Å². The van der Waals surface area contributed by atoms with Crippen LogP contribution in [0, 0.1) is 0 Å². The molecule has 0 radical (unpaired) electrons. The van der Waals surface area contributed by atoms with Gasteiger partial charge in [0.05, 0.1) is 0 Å². The molecule has 3 aromatic heterocycles. The molecule has 0 aliphatic carbocycles. The van der Waals surface area contributed by atoms with Gasteiger partial charge >= 0.3 is 0 Å². The van der Waals surface area contributed by atoms with Crippen molar-refractivity contribution in [1.29, 1.82) is 0 Å². The molecule has 0 spiro atoms. The third-order valence-corrected chi connectivity index (χ3v) is 12.6. The molecule has 13 aromatic rings. The Morgan fingerprint density at radius 2 is 0.734 bits per heavy atom. The van der Waals surface area contributed by atoms with Gasteiger partial charge in [-0.05, 0) is 67.6 Å². The summed E-state index contributed by atoms with van der Waals surface area (Å²) in [7, 11) is 0. The summed E-state index contributed by atoms with van der Waals surface area (Å²) in [5, 5.41) is 8.72. The molecule has 0 unspecified atom stereocenters. The molecule has 0 aliphatic heterocycles. The van der Waals surface area contributed by atoms with Crippen LogP contribution in [0.3, 0.4) is 0 Å². The van der Waals surface area contributed by atoms with Crippen LogP contribution in [0.5, 0.6) is 0 Å². The minimum absolute atomic E-state index is 0.576. The highest BCUT2D eigenvalue weighted by atomic mass is 16.3. The molecule has 0 bridgehead atoms. The van der Waals surface area contributed by atoms with Gasteiger partial charge in [-0.2, -0.15) is 0 Å². The van der Waals surface area contributed by atoms with Crippen LogP contribution in [-0.2, 0) is 0 Å². The van der Waals surface area contributed by atoms with E-state index >= 15 is 0 Å². The summed E-state index contributed by atoms with van der Waals surface area (Å²) in [6, 6.07) is 73.9. The largest absolute Gasteiger partial charge is 0.456 e. The van der Waals surface area contributed by atoms with E-state index in [1.165, 1.54) is 16.3 Å². The minimum atomic E-state index is 0.576. The first-order valence-corrected chi connectivity index (χ1v) is 21.5. The summed E-state index contributed by atoms with van der Waals surface area (Å²) in [5.41, 5.74) is 12.7. The van der Waals surface area contributed by atoms with Gasteiger partial charge in [0, 0.05) is 43.8 Å². The van der Waals surface area contributed by atoms with Crippen molar-refractivity contribution < 1.29 is 8.83 Å². The standard InChI is InChI=1S/C59H35N3O2/c1-2-14-37(15-3-1)42-21-9-27-49-54-46(25-12-31-53(54)64-56(42)49)44-23-10-24-45-43(44)22-11-26-47(45)58-60-57(39-34-32-38(33-35-39)41-20-8-17-36-16-4-5-18-40(36)41)61-59(62-58)50-28-13-30-52-55(50)48-19-6-7-29-51(48)63-52/h1-35H. The van der Waals surface area contributed by atoms with E-state index in [1.54, 1.807) is 0 Å². The Bertz CT molecular complexity index is 3950. The van der Waals surface area contributed by atoms with E-state index < -0.39 is 0 Å². The van der Waals surface area contributed by atoms with E-state index in [0.29, 0.717) is 17.5 Å². The third kappa shape index (κ3) is 5.75. The highest BCUT2D eigenvalue weighted by Gasteiger charge is 2.21. The second-order valence-electron chi connectivity index (χ2n) is 16.2. The van der Waals surface area contributed by atoms with Crippen LogP contribution in [0.1, 0.15) is 0 Å². The number of furan rings is 2. The van der Waals surface area contributed by atoms with Gasteiger partial charge in [-0.1, -0.05) is 194 Å². The van der Waals surface area contributed by atoms with Crippen LogP contribution in [-0.4, -0.2) is 15.0 Å². The fraction of sp³-hybridized carbons (Fsp3) is 0. The van der Waals surface area contributed by atoms with Gasteiger partial charge in [-0.15, -0.1) is 0 Å². The number of hydrogen-bond acceptors (Lipinski definition) is 5. The van der Waals surface area contributed by atoms with E-state index in [0.717, 1.165) is 99.2 Å². The fourth-order valence-electron chi connectivity index (χ4n) is 9.64. The van der Waals surface area contributed by atoms with Crippen LogP contribution in [0.25, 0.3) is 133 Å². The molecular weight excluding hydrogens is 783 g/mol. The smallest absolute Gasteiger partial charge is 0.164 e. The first kappa shape index (κ1) is 36.0. The second-order valence-corrected chi connectivity index (χ2v) is 16.2. The first-order chi connectivity index (χ1) is 31.7. The molecule has 64 heavy (non-hydrogen) atoms. The fourth-order valence-corrected chi connectivity index (χ4v) is 9.64. The van der Waals surface area contributed by atoms with Crippen LogP contribution in [0.2, 0.25) is 0 Å². The lowest BCUT2D eigenvalue weighted by molar-refractivity contribution is 0.669. The number of hydrogen-bond donors (Lipinski definition) is 0. The maximum atomic E-state index is 6.68. The van der Waals surface area contributed by atoms with Crippen LogP contribution >= 0.6 is 0 Å². The molecule has 3 heterocycles. The molecule has 13 rings (SSSR count). The summed E-state index contributed by atoms with van der Waals surface area (Å²) < 4.78 is 13.0. The minimum Gasteiger partial charge on any atom is -0.456 e. The van der Waals surface area contributed by atoms with E-state index in [4.69, 9.17) is 23.8 Å². The Balaban J connectivity index is 1.00. The summed E-state index contributed by atoms with van der Waals surface area (Å²) in [4.78, 5) is 15.9. The zero-order valence-corrected chi connectivity index (χ0v) is 34.4. The summed E-state index contributed by atoms with van der Waals surface area (Å²) in [6.07, 6.45) is 0. The maximum absolute atomic E-state index is 6.68. The predicted octanol–water partition coefficient (Wildman–Crippen LogP) is 16.0. The quantitative estimate of drug-likeness (QED) is 0.167. The number of nitrogens with zero attached hydrogens (tertiary/aromatic N) is 3. The van der Waals surface area contributed by atoms with Crippen molar-refractivity contribution >= 4 is 65.4 Å². The molecule has 0 aliphatic rings. The molecule has 0 fully saturated rings. The molecule has 0 N–H and O–H groups in total. The SMILES string of the molecule is c1ccc(-c2cccc3c2oc2cccc(-c4cccc5c(-c6nc(-c7ccc(-c8cccc9ccccc89)cc7)nc(-c7cccc8oc9ccccc9c78)n6)cccc45)c23)cc1. The molecule has 0 saturated carbocycles. The number of rotatable bonds is 6. The van der Waals surface area contributed by atoms with Gasteiger partial charge in [-0.25, -0.2) is 15.0 Å². The van der Waals surface area contributed by atoms with Gasteiger partial charge in [0.1, 0.15) is 22.3 Å². The monoisotopic (exact) mass is 817 g/mol. The predicted molar refractivity (Wildman–Crippen MR) is 262 cm³/mol. The normalized spacial score (nSPS) is 11.8. The van der Waals surface area contributed by atoms with Crippen molar-refractivity contribution in [1.82, 2.24) is 15.0 Å². The Labute approximate surface area is 367 Å². The molecule has 0 atom stereocenters. The van der Waals surface area contributed by atoms with E-state index in [-0.39, 0.29) is 0 Å². The average molecular weight is 818 g/mol. The highest BCUT2D eigenvalue weighted by Crippen LogP contribution is 2.44. The summed E-state index contributed by atoms with van der Waals surface area (Å²) >= 11 is 0. The Morgan fingerprint density at radius 3 is 1.56 bits per heavy atom. The number of benzene rings is 10. The molecule has 5 nitrogen and oxygen atoms in total. The van der Waals surface area contributed by atoms with Gasteiger partial charge in [-0.3, -0.25) is 0 Å². The number of para-hydroxylation sites is 2. The highest BCUT2D eigenvalue weighted by molar-refractivity contribution is 6.18. The molecule has 0 amide bonds. The summed E-state index contributed by atoms with van der Waals surface area (Å²) in [5.74, 6) is 1.75. The zero-order chi connectivity index (χ0) is 42.1. The Morgan fingerprint density at radius 1 is 0.250 bits per heavy atom. The lowest BCUT2D eigenvalue weighted by Crippen LogP contribution is -2.01. The maximum Gasteiger partial charge on any atom is 0.164 e. The van der Waals surface area contributed by atoms with Gasteiger partial charge in [0.2, 0.25) is 0 Å².